The third kappa shape index (κ3) is 26.7. The maximum absolute atomic E-state index is 9.90. The highest BCUT2D eigenvalue weighted by molar-refractivity contribution is 5.67. The molecule has 3 heterocycles. The number of hydrogen-bond acceptors (Lipinski definition) is 10. The first-order valence-electron chi connectivity index (χ1n) is 12.3. The zero-order valence-corrected chi connectivity index (χ0v) is 21.7. The molecule has 13 heteroatoms. The van der Waals surface area contributed by atoms with Gasteiger partial charge in [-0.05, 0) is 13.3 Å². The summed E-state index contributed by atoms with van der Waals surface area (Å²) >= 11 is 0. The van der Waals surface area contributed by atoms with Gasteiger partial charge in [0.15, 0.2) is 0 Å². The summed E-state index contributed by atoms with van der Waals surface area (Å²) in [6, 6.07) is 0. The Kier molecular flexibility index (Phi) is 22.5. The lowest BCUT2D eigenvalue weighted by molar-refractivity contribution is -0.138. The fraction of sp³-hybridized carbons (Fsp3) is 0.870. The predicted octanol–water partition coefficient (Wildman–Crippen LogP) is -1.31. The largest absolute Gasteiger partial charge is 0.481 e. The van der Waals surface area contributed by atoms with Crippen LogP contribution in [-0.2, 0) is 14.4 Å². The molecule has 3 aliphatic rings. The lowest BCUT2D eigenvalue weighted by Gasteiger charge is -2.24. The van der Waals surface area contributed by atoms with Crippen molar-refractivity contribution in [3.8, 4) is 0 Å². The van der Waals surface area contributed by atoms with Gasteiger partial charge in [0.05, 0.1) is 39.1 Å². The van der Waals surface area contributed by atoms with E-state index in [1.165, 1.54) is 0 Å². The summed E-state index contributed by atoms with van der Waals surface area (Å²) < 4.78 is 0. The van der Waals surface area contributed by atoms with E-state index in [0.717, 1.165) is 58.9 Å². The highest BCUT2D eigenvalue weighted by Crippen LogP contribution is 2.18. The maximum atomic E-state index is 9.90. The van der Waals surface area contributed by atoms with Gasteiger partial charge >= 0.3 is 17.9 Å². The Labute approximate surface area is 213 Å². The molecule has 3 saturated heterocycles. The zero-order valence-electron chi connectivity index (χ0n) is 21.7. The van der Waals surface area contributed by atoms with Crippen LogP contribution in [0, 0.1) is 5.41 Å². The molecule has 0 bridgehead atoms. The van der Waals surface area contributed by atoms with Crippen LogP contribution in [0.4, 0.5) is 0 Å². The molecule has 7 N–H and O–H groups in total. The van der Waals surface area contributed by atoms with Gasteiger partial charge in [0.1, 0.15) is 0 Å². The van der Waals surface area contributed by atoms with E-state index in [0.29, 0.717) is 25.7 Å². The molecule has 3 fully saturated rings. The molecule has 0 aromatic carbocycles. The van der Waals surface area contributed by atoms with Gasteiger partial charge in [0, 0.05) is 70.9 Å². The molecular formula is C23H47N3O10. The Morgan fingerprint density at radius 1 is 0.583 bits per heavy atom. The average molecular weight is 526 g/mol. The van der Waals surface area contributed by atoms with Crippen molar-refractivity contribution in [2.45, 2.75) is 39.5 Å². The van der Waals surface area contributed by atoms with Gasteiger partial charge in [-0.15, -0.1) is 0 Å². The molecule has 36 heavy (non-hydrogen) atoms. The molecule has 0 aromatic heterocycles. The standard InChI is InChI=1S/C6H14O3.3C5H9NO2.C2H6O/c1-2-6(3-7,4-8)5-9;3*7-5(8)1-2-6-3-4-6;1-2-3/h7-9H,2-5H2,1H3;3*1-4H2,(H,7,8);3H,2H2,1H3. The van der Waals surface area contributed by atoms with Gasteiger partial charge in [0.2, 0.25) is 0 Å². The number of aliphatic hydroxyl groups excluding tert-OH is 4. The number of hydrogen-bond donors (Lipinski definition) is 7. The molecule has 0 radical (unpaired) electrons. The minimum absolute atomic E-state index is 0.156. The highest BCUT2D eigenvalue weighted by Gasteiger charge is 2.25. The summed E-state index contributed by atoms with van der Waals surface area (Å²) in [4.78, 5) is 36.0. The molecule has 0 saturated carbocycles. The number of carbonyl (C=O) groups is 3. The molecule has 0 atom stereocenters. The number of aliphatic hydroxyl groups is 4. The molecule has 0 spiro atoms. The molecule has 3 rings (SSSR count). The zero-order chi connectivity index (χ0) is 28.0. The van der Waals surface area contributed by atoms with E-state index >= 15 is 0 Å². The second kappa shape index (κ2) is 22.3. The van der Waals surface area contributed by atoms with E-state index in [4.69, 9.17) is 35.7 Å². The summed E-state index contributed by atoms with van der Waals surface area (Å²) in [5.74, 6) is -2.09. The summed E-state index contributed by atoms with van der Waals surface area (Å²) in [6.07, 6.45) is 1.47. The van der Waals surface area contributed by atoms with Crippen LogP contribution in [0.25, 0.3) is 0 Å². The number of nitrogens with zero attached hydrogens (tertiary/aromatic N) is 3. The van der Waals surface area contributed by atoms with E-state index in [-0.39, 0.29) is 26.4 Å². The van der Waals surface area contributed by atoms with Crippen LogP contribution in [0.15, 0.2) is 0 Å². The first kappa shape index (κ1) is 36.3. The molecule has 0 amide bonds. The second-order valence-electron chi connectivity index (χ2n) is 8.60. The lowest BCUT2D eigenvalue weighted by atomic mass is 9.88. The van der Waals surface area contributed by atoms with Crippen molar-refractivity contribution in [1.82, 2.24) is 14.7 Å². The van der Waals surface area contributed by atoms with E-state index in [2.05, 4.69) is 14.7 Å². The topological polar surface area (TPSA) is 202 Å². The van der Waals surface area contributed by atoms with Crippen LogP contribution in [-0.4, -0.2) is 154 Å². The van der Waals surface area contributed by atoms with Crippen molar-refractivity contribution in [3.05, 3.63) is 0 Å². The third-order valence-electron chi connectivity index (χ3n) is 5.30. The molecule has 0 unspecified atom stereocenters. The Balaban J connectivity index is 0. The number of carboxylic acids is 3. The Hall–Kier alpha value is -1.87. The first-order valence-corrected chi connectivity index (χ1v) is 12.3. The lowest BCUT2D eigenvalue weighted by Crippen LogP contribution is -2.32. The maximum Gasteiger partial charge on any atom is 0.304 e. The van der Waals surface area contributed by atoms with Crippen molar-refractivity contribution in [1.29, 1.82) is 0 Å². The Morgan fingerprint density at radius 3 is 0.889 bits per heavy atom. The number of aliphatic carboxylic acids is 3. The van der Waals surface area contributed by atoms with Crippen LogP contribution in [0.5, 0.6) is 0 Å². The predicted molar refractivity (Wildman–Crippen MR) is 133 cm³/mol. The van der Waals surface area contributed by atoms with Crippen LogP contribution in [0.2, 0.25) is 0 Å². The van der Waals surface area contributed by atoms with Crippen LogP contribution >= 0.6 is 0 Å². The van der Waals surface area contributed by atoms with Crippen molar-refractivity contribution >= 4 is 17.9 Å². The van der Waals surface area contributed by atoms with Crippen molar-refractivity contribution in [2.75, 3.05) is 85.3 Å². The second-order valence-corrected chi connectivity index (χ2v) is 8.60. The fourth-order valence-corrected chi connectivity index (χ4v) is 2.13. The quantitative estimate of drug-likeness (QED) is 0.140. The summed E-state index contributed by atoms with van der Waals surface area (Å²) in [5, 5.41) is 58.0. The normalized spacial score (nSPS) is 15.8. The summed E-state index contributed by atoms with van der Waals surface area (Å²) in [5.41, 5.74) is -0.667. The van der Waals surface area contributed by atoms with E-state index < -0.39 is 23.3 Å². The number of carboxylic acid groups (broad SMARTS) is 3. The Bertz CT molecular complexity index is 499. The van der Waals surface area contributed by atoms with Crippen molar-refractivity contribution in [2.24, 2.45) is 5.41 Å². The minimum Gasteiger partial charge on any atom is -0.481 e. The molecular weight excluding hydrogens is 478 g/mol. The first-order chi connectivity index (χ1) is 17.0. The molecule has 13 nitrogen and oxygen atoms in total. The van der Waals surface area contributed by atoms with Gasteiger partial charge in [-0.3, -0.25) is 14.4 Å². The minimum atomic E-state index is -0.697. The summed E-state index contributed by atoms with van der Waals surface area (Å²) in [7, 11) is 0. The van der Waals surface area contributed by atoms with Gasteiger partial charge in [-0.1, -0.05) is 6.92 Å². The van der Waals surface area contributed by atoms with Crippen LogP contribution in [0.3, 0.4) is 0 Å². The molecule has 0 aliphatic carbocycles. The summed E-state index contributed by atoms with van der Waals surface area (Å²) in [6.45, 7) is 12.0. The number of rotatable bonds is 13. The van der Waals surface area contributed by atoms with E-state index in [1.807, 2.05) is 6.92 Å². The fourth-order valence-electron chi connectivity index (χ4n) is 2.13. The highest BCUT2D eigenvalue weighted by atomic mass is 16.4. The Morgan fingerprint density at radius 2 is 0.806 bits per heavy atom. The average Bonchev–Trinajstić information content (AvgIpc) is 3.70. The van der Waals surface area contributed by atoms with Crippen LogP contribution in [0.1, 0.15) is 39.5 Å². The van der Waals surface area contributed by atoms with Gasteiger partial charge in [-0.25, -0.2) is 0 Å². The van der Waals surface area contributed by atoms with Crippen LogP contribution < -0.4 is 0 Å². The SMILES string of the molecule is CCC(CO)(CO)CO.CCO.O=C(O)CCN1CC1.O=C(O)CCN1CC1.O=C(O)CCN1CC1. The van der Waals surface area contributed by atoms with E-state index in [9.17, 15) is 14.4 Å². The molecule has 214 valence electrons. The van der Waals surface area contributed by atoms with Crippen molar-refractivity contribution < 1.29 is 50.1 Å². The van der Waals surface area contributed by atoms with Gasteiger partial charge in [0.25, 0.3) is 0 Å². The monoisotopic (exact) mass is 525 g/mol. The van der Waals surface area contributed by atoms with Crippen molar-refractivity contribution in [3.63, 3.8) is 0 Å². The third-order valence-corrected chi connectivity index (χ3v) is 5.30. The van der Waals surface area contributed by atoms with E-state index in [1.54, 1.807) is 6.92 Å². The smallest absolute Gasteiger partial charge is 0.304 e. The molecule has 3 aliphatic heterocycles. The van der Waals surface area contributed by atoms with Gasteiger partial charge in [-0.2, -0.15) is 0 Å². The van der Waals surface area contributed by atoms with Gasteiger partial charge < -0.3 is 50.4 Å². The molecule has 0 aromatic rings.